The van der Waals surface area contributed by atoms with Crippen molar-refractivity contribution >= 4 is 61.2 Å². The number of piperazine rings is 1. The van der Waals surface area contributed by atoms with Crippen LogP contribution in [0.4, 0.5) is 17.1 Å². The number of nitrogens with one attached hydrogen (secondary N) is 3. The Labute approximate surface area is 366 Å². The van der Waals surface area contributed by atoms with Gasteiger partial charge in [-0.3, -0.25) is 19.8 Å². The number of hydrogen-bond donors (Lipinski definition) is 3. The minimum Gasteiger partial charge on any atom is -0.489 e. The van der Waals surface area contributed by atoms with Crippen molar-refractivity contribution in [3.63, 3.8) is 0 Å². The number of allylic oxidation sites excluding steroid dienone is 1. The molecule has 0 radical (unpaired) electrons. The zero-order valence-corrected chi connectivity index (χ0v) is 36.8. The molecule has 5 aromatic rings. The normalized spacial score (nSPS) is 18.0. The number of ether oxygens (including phenoxy) is 2. The van der Waals surface area contributed by atoms with Gasteiger partial charge in [0.2, 0.25) is 0 Å². The number of anilines is 2. The predicted molar refractivity (Wildman–Crippen MR) is 241 cm³/mol. The number of aromatic nitrogens is 2. The predicted octanol–water partition coefficient (Wildman–Crippen LogP) is 7.95. The van der Waals surface area contributed by atoms with E-state index >= 15 is 0 Å². The van der Waals surface area contributed by atoms with Gasteiger partial charge in [0.1, 0.15) is 23.8 Å². The number of rotatable bonds is 13. The fourth-order valence-electron chi connectivity index (χ4n) is 8.36. The van der Waals surface area contributed by atoms with E-state index in [1.807, 2.05) is 37.2 Å². The zero-order chi connectivity index (χ0) is 43.8. The summed E-state index contributed by atoms with van der Waals surface area (Å²) in [4.78, 5) is 39.2. The van der Waals surface area contributed by atoms with Crippen LogP contribution in [0.3, 0.4) is 0 Å². The maximum absolute atomic E-state index is 14.0. The second-order valence-corrected chi connectivity index (χ2v) is 19.4. The molecule has 4 heterocycles. The number of pyridine rings is 1. The van der Waals surface area contributed by atoms with Gasteiger partial charge in [0.05, 0.1) is 27.6 Å². The Morgan fingerprint density at radius 3 is 2.60 bits per heavy atom. The first kappa shape index (κ1) is 43.0. The second kappa shape index (κ2) is 17.6. The summed E-state index contributed by atoms with van der Waals surface area (Å²) in [5.74, 6) is -0.508. The first-order chi connectivity index (χ1) is 29.6. The Kier molecular flexibility index (Phi) is 12.2. The molecular formula is C45H51ClN8O7S. The number of H-pyrrole nitrogens is 1. The molecule has 3 aliphatic rings. The van der Waals surface area contributed by atoms with Crippen LogP contribution in [0.15, 0.2) is 89.6 Å². The van der Waals surface area contributed by atoms with Crippen molar-refractivity contribution in [2.75, 3.05) is 70.2 Å². The summed E-state index contributed by atoms with van der Waals surface area (Å²) < 4.78 is 41.9. The van der Waals surface area contributed by atoms with E-state index in [9.17, 15) is 23.3 Å². The fourth-order valence-corrected chi connectivity index (χ4v) is 9.48. The van der Waals surface area contributed by atoms with Gasteiger partial charge in [0.15, 0.2) is 11.4 Å². The summed E-state index contributed by atoms with van der Waals surface area (Å²) >= 11 is 6.24. The molecule has 2 aliphatic heterocycles. The van der Waals surface area contributed by atoms with Gasteiger partial charge in [-0.15, -0.1) is 0 Å². The van der Waals surface area contributed by atoms with Crippen molar-refractivity contribution in [3.8, 4) is 17.2 Å². The van der Waals surface area contributed by atoms with Gasteiger partial charge in [-0.2, -0.15) is 0 Å². The molecule has 15 nitrogen and oxygen atoms in total. The summed E-state index contributed by atoms with van der Waals surface area (Å²) in [5, 5.41) is 16.9. The van der Waals surface area contributed by atoms with Crippen LogP contribution in [-0.2, 0) is 10.0 Å². The number of hydrogen-bond acceptors (Lipinski definition) is 12. The lowest BCUT2D eigenvalue weighted by Crippen LogP contribution is -2.47. The summed E-state index contributed by atoms with van der Waals surface area (Å²) in [6, 6.07) is 18.7. The van der Waals surface area contributed by atoms with Crippen molar-refractivity contribution in [1.82, 2.24) is 24.5 Å². The molecular weight excluding hydrogens is 832 g/mol. The van der Waals surface area contributed by atoms with E-state index in [4.69, 9.17) is 21.1 Å². The lowest BCUT2D eigenvalue weighted by atomic mass is 9.72. The Bertz CT molecular complexity index is 2640. The van der Waals surface area contributed by atoms with E-state index in [2.05, 4.69) is 55.8 Å². The number of amides is 1. The minimum atomic E-state index is -4.64. The van der Waals surface area contributed by atoms with Gasteiger partial charge in [-0.05, 0) is 99.3 Å². The molecule has 1 saturated heterocycles. The molecule has 326 valence electrons. The monoisotopic (exact) mass is 882 g/mol. The second-order valence-electron chi connectivity index (χ2n) is 17.3. The smallest absolute Gasteiger partial charge is 0.297 e. The standard InChI is InChI=1S/C45H51ClN8O7S/c1-45(2)14-11-31(38(25-45)29-5-7-32(46)8-6-29)27-52-17-19-53(20-18-52)34-9-10-37(40(22-34)61-35-21-30-12-15-47-43(30)48-26-35)44(55)50-62(58,59)36-23-39(54(56)57)42-41(24-36)60-28-33(49-42)13-16-51(3)4/h5-10,12,15,21-24,26,33,49H,11,13-14,16-20,25,27-28H2,1-4H3,(H,47,48)(H,50,55)/t33-/m0/s1. The van der Waals surface area contributed by atoms with Crippen LogP contribution in [0.5, 0.6) is 17.2 Å². The van der Waals surface area contributed by atoms with Crippen molar-refractivity contribution in [3.05, 3.63) is 111 Å². The van der Waals surface area contributed by atoms with Crippen LogP contribution in [0, 0.1) is 15.5 Å². The van der Waals surface area contributed by atoms with Crippen LogP contribution in [0.25, 0.3) is 16.6 Å². The van der Waals surface area contributed by atoms with Crippen LogP contribution >= 0.6 is 11.6 Å². The van der Waals surface area contributed by atoms with Crippen molar-refractivity contribution in [1.29, 1.82) is 0 Å². The summed E-state index contributed by atoms with van der Waals surface area (Å²) in [6.07, 6.45) is 7.11. The van der Waals surface area contributed by atoms with E-state index in [1.54, 1.807) is 24.4 Å². The molecule has 62 heavy (non-hydrogen) atoms. The number of carbonyl (C=O) groups excluding carboxylic acids is 1. The van der Waals surface area contributed by atoms with Crippen LogP contribution in [0.2, 0.25) is 5.02 Å². The Morgan fingerprint density at radius 1 is 1.08 bits per heavy atom. The maximum Gasteiger partial charge on any atom is 0.297 e. The SMILES string of the molecule is CN(C)CC[C@H]1COc2cc(S(=O)(=O)NC(=O)c3ccc(N4CCN(CC5=C(c6ccc(Cl)cc6)CC(C)(C)CC5)CC4)cc3Oc3cnc4[nH]ccc4c3)cc([N+](=O)[O-])c2N1. The van der Waals surface area contributed by atoms with Gasteiger partial charge in [-0.1, -0.05) is 43.2 Å². The molecule has 1 fully saturated rings. The highest BCUT2D eigenvalue weighted by Gasteiger charge is 2.33. The zero-order valence-electron chi connectivity index (χ0n) is 35.2. The number of aromatic amines is 1. The number of nitro benzene ring substituents is 1. The molecule has 0 bridgehead atoms. The highest BCUT2D eigenvalue weighted by Crippen LogP contribution is 2.44. The number of carbonyl (C=O) groups is 1. The van der Waals surface area contributed by atoms with E-state index < -0.39 is 31.4 Å². The number of sulfonamides is 1. The maximum atomic E-state index is 14.0. The van der Waals surface area contributed by atoms with Crippen LogP contribution in [-0.4, -0.2) is 105 Å². The van der Waals surface area contributed by atoms with Gasteiger partial charge in [-0.25, -0.2) is 18.1 Å². The lowest BCUT2D eigenvalue weighted by molar-refractivity contribution is -0.384. The largest absolute Gasteiger partial charge is 0.489 e. The molecule has 8 rings (SSSR count). The van der Waals surface area contributed by atoms with E-state index in [0.717, 1.165) is 74.1 Å². The molecule has 0 saturated carbocycles. The Hall–Kier alpha value is -5.68. The fraction of sp³-hybridized carbons (Fsp3) is 0.378. The van der Waals surface area contributed by atoms with E-state index in [-0.39, 0.29) is 40.8 Å². The van der Waals surface area contributed by atoms with E-state index in [0.29, 0.717) is 24.4 Å². The first-order valence-electron chi connectivity index (χ1n) is 20.7. The highest BCUT2D eigenvalue weighted by molar-refractivity contribution is 7.90. The molecule has 3 aromatic carbocycles. The van der Waals surface area contributed by atoms with Gasteiger partial charge < -0.3 is 29.6 Å². The van der Waals surface area contributed by atoms with Crippen LogP contribution in [0.1, 0.15) is 55.5 Å². The van der Waals surface area contributed by atoms with Crippen molar-refractivity contribution in [2.24, 2.45) is 5.41 Å². The van der Waals surface area contributed by atoms with Gasteiger partial charge >= 0.3 is 0 Å². The lowest BCUT2D eigenvalue weighted by Gasteiger charge is -2.39. The van der Waals surface area contributed by atoms with E-state index in [1.165, 1.54) is 35.0 Å². The third-order valence-electron chi connectivity index (χ3n) is 11.8. The summed E-state index contributed by atoms with van der Waals surface area (Å²) in [7, 11) is -0.793. The average Bonchev–Trinajstić information content (AvgIpc) is 3.71. The highest BCUT2D eigenvalue weighted by atomic mass is 35.5. The summed E-state index contributed by atoms with van der Waals surface area (Å²) in [6.45, 7) is 9.50. The number of benzene rings is 3. The number of fused-ring (bicyclic) bond motifs is 2. The summed E-state index contributed by atoms with van der Waals surface area (Å²) in [5.41, 5.74) is 5.33. The van der Waals surface area contributed by atoms with Crippen molar-refractivity contribution in [2.45, 2.75) is 50.5 Å². The van der Waals surface area contributed by atoms with Crippen LogP contribution < -0.4 is 24.4 Å². The average molecular weight is 883 g/mol. The minimum absolute atomic E-state index is 0.00987. The third-order valence-corrected chi connectivity index (χ3v) is 13.4. The molecule has 17 heteroatoms. The molecule has 0 unspecified atom stereocenters. The Morgan fingerprint density at radius 2 is 1.85 bits per heavy atom. The molecule has 2 aromatic heterocycles. The quantitative estimate of drug-likeness (QED) is 0.0770. The molecule has 3 N–H and O–H groups in total. The molecule has 0 spiro atoms. The Balaban J connectivity index is 1.02. The first-order valence-corrected chi connectivity index (χ1v) is 22.6. The number of nitro groups is 1. The molecule has 1 amide bonds. The van der Waals surface area contributed by atoms with Crippen molar-refractivity contribution < 1.29 is 27.6 Å². The topological polar surface area (TPSA) is 175 Å². The number of nitrogens with zero attached hydrogens (tertiary/aromatic N) is 5. The molecule has 1 aliphatic carbocycles. The number of halogens is 1. The van der Waals surface area contributed by atoms with Gasteiger partial charge in [0.25, 0.3) is 21.6 Å². The van der Waals surface area contributed by atoms with Gasteiger partial charge in [0, 0.05) is 73.2 Å². The third kappa shape index (κ3) is 9.68. The molecule has 1 atom stereocenters.